The zero-order chi connectivity index (χ0) is 15.0. The molecule has 0 N–H and O–H groups in total. The van der Waals surface area contributed by atoms with Crippen molar-refractivity contribution in [1.29, 1.82) is 0 Å². The van der Waals surface area contributed by atoms with Gasteiger partial charge in [-0.15, -0.1) is 0 Å². The smallest absolute Gasteiger partial charge is 0.163 e. The van der Waals surface area contributed by atoms with E-state index in [0.29, 0.717) is 0 Å². The van der Waals surface area contributed by atoms with Gasteiger partial charge in [0.05, 0.1) is 0 Å². The number of methoxy groups -OCH3 is 2. The number of hydrogen-bond donors (Lipinski definition) is 0. The molecule has 0 spiro atoms. The molecule has 0 aliphatic rings. The molecule has 3 heteroatoms. The highest BCUT2D eigenvalue weighted by atomic mass is 16.7. The van der Waals surface area contributed by atoms with Gasteiger partial charge in [-0.2, -0.15) is 0 Å². The first-order valence-electron chi connectivity index (χ1n) is 7.12. The third-order valence-corrected chi connectivity index (χ3v) is 4.05. The van der Waals surface area contributed by atoms with E-state index in [1.807, 2.05) is 12.1 Å². The predicted molar refractivity (Wildman–Crippen MR) is 84.7 cm³/mol. The van der Waals surface area contributed by atoms with Crippen molar-refractivity contribution in [1.82, 2.24) is 0 Å². The van der Waals surface area contributed by atoms with Gasteiger partial charge in [0.2, 0.25) is 0 Å². The van der Waals surface area contributed by atoms with Crippen LogP contribution >= 0.6 is 0 Å². The van der Waals surface area contributed by atoms with E-state index in [1.54, 1.807) is 14.2 Å². The molecule has 3 aromatic rings. The maximum absolute atomic E-state index is 5.89. The van der Waals surface area contributed by atoms with E-state index in [4.69, 9.17) is 13.9 Å². The van der Waals surface area contributed by atoms with Crippen molar-refractivity contribution in [2.75, 3.05) is 14.2 Å². The van der Waals surface area contributed by atoms with Crippen molar-refractivity contribution in [3.05, 3.63) is 47.5 Å². The minimum Gasteiger partial charge on any atom is -0.456 e. The van der Waals surface area contributed by atoms with Crippen molar-refractivity contribution in [2.24, 2.45) is 0 Å². The van der Waals surface area contributed by atoms with Crippen LogP contribution < -0.4 is 0 Å². The molecule has 0 saturated carbocycles. The summed E-state index contributed by atoms with van der Waals surface area (Å²) in [5.74, 6) is 0.152. The quantitative estimate of drug-likeness (QED) is 0.655. The van der Waals surface area contributed by atoms with Gasteiger partial charge in [0, 0.05) is 30.9 Å². The number of benzene rings is 2. The molecule has 0 fully saturated rings. The normalized spacial score (nSPS) is 13.4. The van der Waals surface area contributed by atoms with Crippen LogP contribution in [0.5, 0.6) is 0 Å². The van der Waals surface area contributed by atoms with Crippen LogP contribution in [0.1, 0.15) is 24.0 Å². The van der Waals surface area contributed by atoms with Crippen LogP contribution in [-0.4, -0.2) is 20.5 Å². The number of furan rings is 1. The van der Waals surface area contributed by atoms with E-state index >= 15 is 0 Å². The summed E-state index contributed by atoms with van der Waals surface area (Å²) in [7, 11) is 3.33. The molecule has 3 nitrogen and oxygen atoms in total. The zero-order valence-corrected chi connectivity index (χ0v) is 12.8. The van der Waals surface area contributed by atoms with E-state index in [0.717, 1.165) is 21.9 Å². The van der Waals surface area contributed by atoms with Crippen molar-refractivity contribution in [2.45, 2.75) is 26.1 Å². The fourth-order valence-electron chi connectivity index (χ4n) is 2.85. The second-order valence-corrected chi connectivity index (χ2v) is 5.49. The number of rotatable bonds is 4. The fourth-order valence-corrected chi connectivity index (χ4v) is 2.85. The molecule has 1 atom stereocenters. The van der Waals surface area contributed by atoms with Crippen molar-refractivity contribution in [3.8, 4) is 0 Å². The van der Waals surface area contributed by atoms with Gasteiger partial charge in [-0.1, -0.05) is 24.6 Å². The highest BCUT2D eigenvalue weighted by Gasteiger charge is 2.19. The largest absolute Gasteiger partial charge is 0.456 e. The monoisotopic (exact) mass is 284 g/mol. The third-order valence-electron chi connectivity index (χ3n) is 4.05. The molecule has 1 unspecified atom stereocenters. The van der Waals surface area contributed by atoms with Crippen LogP contribution in [0.4, 0.5) is 0 Å². The van der Waals surface area contributed by atoms with Gasteiger partial charge >= 0.3 is 0 Å². The van der Waals surface area contributed by atoms with E-state index in [2.05, 4.69) is 38.1 Å². The molecule has 21 heavy (non-hydrogen) atoms. The van der Waals surface area contributed by atoms with Crippen LogP contribution in [0.15, 0.2) is 40.8 Å². The lowest BCUT2D eigenvalue weighted by atomic mass is 9.98. The molecule has 0 radical (unpaired) electrons. The predicted octanol–water partition coefficient (Wildman–Crippen LogP) is 4.62. The summed E-state index contributed by atoms with van der Waals surface area (Å²) < 4.78 is 16.6. The van der Waals surface area contributed by atoms with E-state index in [9.17, 15) is 0 Å². The Morgan fingerprint density at radius 2 is 1.52 bits per heavy atom. The van der Waals surface area contributed by atoms with Gasteiger partial charge in [0.15, 0.2) is 6.29 Å². The second kappa shape index (κ2) is 5.51. The van der Waals surface area contributed by atoms with E-state index in [1.165, 1.54) is 11.1 Å². The topological polar surface area (TPSA) is 31.6 Å². The lowest BCUT2D eigenvalue weighted by Crippen LogP contribution is -2.20. The Hall–Kier alpha value is -1.84. The van der Waals surface area contributed by atoms with Crippen LogP contribution in [0, 0.1) is 6.92 Å². The van der Waals surface area contributed by atoms with E-state index in [-0.39, 0.29) is 12.2 Å². The molecule has 3 rings (SSSR count). The molecule has 2 aromatic carbocycles. The second-order valence-electron chi connectivity index (χ2n) is 5.49. The van der Waals surface area contributed by atoms with Gasteiger partial charge in [0.1, 0.15) is 11.2 Å². The number of aryl methyl sites for hydroxylation is 1. The maximum Gasteiger partial charge on any atom is 0.163 e. The van der Waals surface area contributed by atoms with Crippen molar-refractivity contribution < 1.29 is 13.9 Å². The summed E-state index contributed by atoms with van der Waals surface area (Å²) in [6.45, 7) is 4.20. The average molecular weight is 284 g/mol. The summed E-state index contributed by atoms with van der Waals surface area (Å²) in [5.41, 5.74) is 4.25. The number of ether oxygens (including phenoxy) is 2. The number of fused-ring (bicyclic) bond motifs is 3. The summed E-state index contributed by atoms with van der Waals surface area (Å²) in [5, 5.41) is 2.30. The standard InChI is InChI=1S/C18H20O3/c1-11-5-7-16-14(9-11)15-10-13(6-8-17(15)21-16)12(2)18(19-3)20-4/h5-10,12,18H,1-4H3. The number of hydrogen-bond acceptors (Lipinski definition) is 3. The van der Waals surface area contributed by atoms with Crippen molar-refractivity contribution in [3.63, 3.8) is 0 Å². The van der Waals surface area contributed by atoms with Crippen molar-refractivity contribution >= 4 is 21.9 Å². The van der Waals surface area contributed by atoms with Gasteiger partial charge in [-0.25, -0.2) is 0 Å². The Kier molecular flexibility index (Phi) is 3.70. The van der Waals surface area contributed by atoms with Gasteiger partial charge < -0.3 is 13.9 Å². The maximum atomic E-state index is 5.89. The molecule has 0 bridgehead atoms. The Bertz CT molecular complexity index is 769. The molecule has 0 aliphatic heterocycles. The van der Waals surface area contributed by atoms with Crippen LogP contribution in [0.25, 0.3) is 21.9 Å². The Labute approximate surface area is 124 Å². The zero-order valence-electron chi connectivity index (χ0n) is 12.8. The lowest BCUT2D eigenvalue weighted by Gasteiger charge is -2.21. The first-order valence-corrected chi connectivity index (χ1v) is 7.12. The highest BCUT2D eigenvalue weighted by Crippen LogP contribution is 2.32. The van der Waals surface area contributed by atoms with Gasteiger partial charge in [-0.05, 0) is 36.8 Å². The summed E-state index contributed by atoms with van der Waals surface area (Å²) in [4.78, 5) is 0. The first kappa shape index (κ1) is 14.1. The Morgan fingerprint density at radius 1 is 0.905 bits per heavy atom. The molecule has 0 saturated heterocycles. The molecule has 0 aliphatic carbocycles. The molecule has 0 amide bonds. The third kappa shape index (κ3) is 2.43. The average Bonchev–Trinajstić information content (AvgIpc) is 2.85. The fraction of sp³-hybridized carbons (Fsp3) is 0.333. The summed E-state index contributed by atoms with van der Waals surface area (Å²) in [6, 6.07) is 12.5. The van der Waals surface area contributed by atoms with Gasteiger partial charge in [-0.3, -0.25) is 0 Å². The van der Waals surface area contributed by atoms with E-state index < -0.39 is 0 Å². The molecular weight excluding hydrogens is 264 g/mol. The van der Waals surface area contributed by atoms with Crippen LogP contribution in [0.2, 0.25) is 0 Å². The minimum atomic E-state index is -0.248. The summed E-state index contributed by atoms with van der Waals surface area (Å²) >= 11 is 0. The lowest BCUT2D eigenvalue weighted by molar-refractivity contribution is -0.115. The Balaban J connectivity index is 2.14. The molecule has 110 valence electrons. The SMILES string of the molecule is COC(OC)C(C)c1ccc2oc3ccc(C)cc3c2c1. The first-order chi connectivity index (χ1) is 10.1. The van der Waals surface area contributed by atoms with Crippen LogP contribution in [0.3, 0.4) is 0 Å². The molecular formula is C18H20O3. The minimum absolute atomic E-state index is 0.152. The van der Waals surface area contributed by atoms with Crippen LogP contribution in [-0.2, 0) is 9.47 Å². The molecule has 1 heterocycles. The Morgan fingerprint density at radius 3 is 2.19 bits per heavy atom. The highest BCUT2D eigenvalue weighted by molar-refractivity contribution is 6.05. The van der Waals surface area contributed by atoms with Gasteiger partial charge in [0.25, 0.3) is 0 Å². The molecule has 1 aromatic heterocycles. The summed E-state index contributed by atoms with van der Waals surface area (Å²) in [6.07, 6.45) is -0.248.